The van der Waals surface area contributed by atoms with Crippen LogP contribution in [0.25, 0.3) is 0 Å². The minimum Gasteiger partial charge on any atom is -0.393 e. The fourth-order valence-electron chi connectivity index (χ4n) is 8.14. The fraction of sp³-hybridized carbons (Fsp3) is 0.913. The molecule has 24 heavy (non-hydrogen) atoms. The molecule has 136 valence electrons. The molecule has 1 N–H and O–H groups in total. The van der Waals surface area contributed by atoms with E-state index in [-0.39, 0.29) is 11.5 Å². The number of fused-ring (bicyclic) bond motifs is 5. The summed E-state index contributed by atoms with van der Waals surface area (Å²) < 4.78 is 0. The van der Waals surface area contributed by atoms with Gasteiger partial charge in [-0.15, -0.1) is 6.58 Å². The lowest BCUT2D eigenvalue weighted by atomic mass is 9.44. The second-order valence-electron chi connectivity index (χ2n) is 10.2. The molecule has 4 fully saturated rings. The summed E-state index contributed by atoms with van der Waals surface area (Å²) in [4.78, 5) is 0. The van der Waals surface area contributed by atoms with Crippen LogP contribution in [-0.2, 0) is 0 Å². The zero-order chi connectivity index (χ0) is 17.1. The van der Waals surface area contributed by atoms with Crippen LogP contribution in [0.3, 0.4) is 0 Å². The van der Waals surface area contributed by atoms with E-state index >= 15 is 0 Å². The van der Waals surface area contributed by atoms with Gasteiger partial charge in [-0.1, -0.05) is 33.3 Å². The van der Waals surface area contributed by atoms with Crippen molar-refractivity contribution in [3.63, 3.8) is 0 Å². The van der Waals surface area contributed by atoms with E-state index in [1.165, 1.54) is 51.4 Å². The van der Waals surface area contributed by atoms with E-state index in [9.17, 15) is 5.11 Å². The molecule has 9 atom stereocenters. The molecule has 4 aliphatic carbocycles. The first-order chi connectivity index (χ1) is 11.4. The normalized spacial score (nSPS) is 56.9. The molecule has 1 heteroatoms. The second-order valence-corrected chi connectivity index (χ2v) is 10.2. The molecule has 4 saturated carbocycles. The van der Waals surface area contributed by atoms with Gasteiger partial charge in [0.15, 0.2) is 0 Å². The van der Waals surface area contributed by atoms with Crippen molar-refractivity contribution in [3.8, 4) is 0 Å². The van der Waals surface area contributed by atoms with Crippen LogP contribution < -0.4 is 0 Å². The van der Waals surface area contributed by atoms with E-state index in [1.54, 1.807) is 0 Å². The Bertz CT molecular complexity index is 498. The Morgan fingerprint density at radius 2 is 1.79 bits per heavy atom. The van der Waals surface area contributed by atoms with Gasteiger partial charge in [-0.25, -0.2) is 0 Å². The first-order valence-electron chi connectivity index (χ1n) is 10.8. The molecule has 0 aromatic heterocycles. The third-order valence-corrected chi connectivity index (χ3v) is 9.64. The highest BCUT2D eigenvalue weighted by Crippen LogP contribution is 2.66. The van der Waals surface area contributed by atoms with Crippen LogP contribution in [-0.4, -0.2) is 11.2 Å². The summed E-state index contributed by atoms with van der Waals surface area (Å²) in [5.74, 6) is 5.23. The highest BCUT2D eigenvalue weighted by atomic mass is 16.3. The van der Waals surface area contributed by atoms with Gasteiger partial charge in [-0.05, 0) is 97.7 Å². The largest absolute Gasteiger partial charge is 0.393 e. The van der Waals surface area contributed by atoms with Crippen molar-refractivity contribution >= 4 is 0 Å². The molecule has 4 rings (SSSR count). The molecule has 0 saturated heterocycles. The zero-order valence-corrected chi connectivity index (χ0v) is 16.1. The van der Waals surface area contributed by atoms with Crippen LogP contribution in [0.5, 0.6) is 0 Å². The van der Waals surface area contributed by atoms with Crippen LogP contribution in [0.4, 0.5) is 0 Å². The molecular formula is C23H38O. The maximum Gasteiger partial charge on any atom is 0.0596 e. The van der Waals surface area contributed by atoms with Gasteiger partial charge >= 0.3 is 0 Å². The smallest absolute Gasteiger partial charge is 0.0596 e. The molecule has 0 radical (unpaired) electrons. The van der Waals surface area contributed by atoms with E-state index in [0.717, 1.165) is 41.9 Å². The van der Waals surface area contributed by atoms with Gasteiger partial charge < -0.3 is 5.11 Å². The molecule has 0 aliphatic heterocycles. The first kappa shape index (κ1) is 17.1. The molecule has 0 amide bonds. The van der Waals surface area contributed by atoms with Crippen molar-refractivity contribution in [2.75, 3.05) is 0 Å². The summed E-state index contributed by atoms with van der Waals surface area (Å²) in [6.07, 6.45) is 14.2. The van der Waals surface area contributed by atoms with Gasteiger partial charge in [0.05, 0.1) is 6.10 Å². The van der Waals surface area contributed by atoms with Crippen LogP contribution in [0.15, 0.2) is 12.7 Å². The minimum atomic E-state index is -0.0377. The Kier molecular flexibility index (Phi) is 4.18. The summed E-state index contributed by atoms with van der Waals surface area (Å²) in [7, 11) is 0. The summed E-state index contributed by atoms with van der Waals surface area (Å²) in [5.41, 5.74) is 0.651. The predicted octanol–water partition coefficient (Wildman–Crippen LogP) is 5.83. The summed E-state index contributed by atoms with van der Waals surface area (Å²) in [6, 6.07) is 0. The van der Waals surface area contributed by atoms with Gasteiger partial charge in [-0.3, -0.25) is 0 Å². The maximum atomic E-state index is 10.6. The molecule has 2 unspecified atom stereocenters. The average Bonchev–Trinajstić information content (AvgIpc) is 2.89. The number of hydrogen-bond acceptors (Lipinski definition) is 1. The van der Waals surface area contributed by atoms with Gasteiger partial charge in [-0.2, -0.15) is 0 Å². The van der Waals surface area contributed by atoms with Crippen LogP contribution in [0, 0.1) is 46.3 Å². The molecule has 0 heterocycles. The second kappa shape index (κ2) is 5.86. The van der Waals surface area contributed by atoms with Gasteiger partial charge in [0.1, 0.15) is 0 Å². The Morgan fingerprint density at radius 1 is 1.08 bits per heavy atom. The number of hydrogen-bond donors (Lipinski definition) is 1. The van der Waals surface area contributed by atoms with Crippen molar-refractivity contribution in [3.05, 3.63) is 12.7 Å². The fourth-order valence-corrected chi connectivity index (χ4v) is 8.14. The third kappa shape index (κ3) is 2.22. The van der Waals surface area contributed by atoms with E-state index in [0.29, 0.717) is 5.41 Å². The minimum absolute atomic E-state index is 0.0377. The highest BCUT2D eigenvalue weighted by molar-refractivity contribution is 5.13. The predicted molar refractivity (Wildman–Crippen MR) is 101 cm³/mol. The molecule has 1 nitrogen and oxygen atoms in total. The van der Waals surface area contributed by atoms with Crippen LogP contribution >= 0.6 is 0 Å². The van der Waals surface area contributed by atoms with Crippen molar-refractivity contribution < 1.29 is 5.11 Å². The Morgan fingerprint density at radius 3 is 2.50 bits per heavy atom. The quantitative estimate of drug-likeness (QED) is 0.632. The molecular weight excluding hydrogens is 292 g/mol. The Labute approximate surface area is 149 Å². The van der Waals surface area contributed by atoms with Crippen LogP contribution in [0.2, 0.25) is 0 Å². The van der Waals surface area contributed by atoms with Gasteiger partial charge in [0.2, 0.25) is 0 Å². The van der Waals surface area contributed by atoms with E-state index in [1.807, 2.05) is 0 Å². The van der Waals surface area contributed by atoms with Crippen LogP contribution in [0.1, 0.15) is 78.6 Å². The van der Waals surface area contributed by atoms with E-state index < -0.39 is 0 Å². The topological polar surface area (TPSA) is 20.2 Å². The van der Waals surface area contributed by atoms with Crippen molar-refractivity contribution in [2.24, 2.45) is 46.3 Å². The number of rotatable bonds is 2. The van der Waals surface area contributed by atoms with E-state index in [4.69, 9.17) is 0 Å². The number of aliphatic hydroxyl groups is 1. The monoisotopic (exact) mass is 330 g/mol. The summed E-state index contributed by atoms with van der Waals surface area (Å²) >= 11 is 0. The Hall–Kier alpha value is -0.300. The lowest BCUT2D eigenvalue weighted by Crippen LogP contribution is -2.53. The van der Waals surface area contributed by atoms with Gasteiger partial charge in [0.25, 0.3) is 0 Å². The van der Waals surface area contributed by atoms with Crippen molar-refractivity contribution in [1.82, 2.24) is 0 Å². The standard InChI is InChI=1S/C23H38O/c1-5-16-13-20-18-9-11-22(4)19(7-8-21(22)24)17(18)10-12-23(20,6-2)14-15(16)3/h6,15-21,24H,2,5,7-14H2,1,3-4H3/t15-,16+,17-,18?,19?,20-,21+,22+,23-/m1/s1. The lowest BCUT2D eigenvalue weighted by Gasteiger charge is -2.61. The SMILES string of the molecule is C=C[C@]12CC[C@@H]3C(CC[C@@]4(C)C3CC[C@@H]4O)[C@H]1C[C@H](CC)[C@H](C)C2. The molecule has 4 aliphatic rings. The molecule has 0 aromatic rings. The number of allylic oxidation sites excluding steroid dienone is 1. The summed E-state index contributed by atoms with van der Waals surface area (Å²) in [6.45, 7) is 11.6. The van der Waals surface area contributed by atoms with Crippen molar-refractivity contribution in [1.29, 1.82) is 0 Å². The molecule has 0 bridgehead atoms. The first-order valence-corrected chi connectivity index (χ1v) is 10.8. The number of aliphatic hydroxyl groups excluding tert-OH is 1. The molecule has 0 spiro atoms. The van der Waals surface area contributed by atoms with Crippen molar-refractivity contribution in [2.45, 2.75) is 84.7 Å². The van der Waals surface area contributed by atoms with E-state index in [2.05, 4.69) is 33.4 Å². The lowest BCUT2D eigenvalue weighted by molar-refractivity contribution is -0.113. The zero-order valence-electron chi connectivity index (χ0n) is 16.1. The maximum absolute atomic E-state index is 10.6. The Balaban J connectivity index is 1.64. The highest BCUT2D eigenvalue weighted by Gasteiger charge is 2.59. The van der Waals surface area contributed by atoms with Gasteiger partial charge in [0, 0.05) is 0 Å². The average molecular weight is 331 g/mol. The third-order valence-electron chi connectivity index (χ3n) is 9.64. The molecule has 0 aromatic carbocycles. The summed E-state index contributed by atoms with van der Waals surface area (Å²) in [5, 5.41) is 10.6.